The molecule has 6 nitrogen and oxygen atoms in total. The monoisotopic (exact) mass is 346 g/mol. The van der Waals surface area contributed by atoms with E-state index in [0.29, 0.717) is 17.3 Å². The number of rotatable bonds is 5. The van der Waals surface area contributed by atoms with Crippen molar-refractivity contribution in [2.45, 2.75) is 32.8 Å². The Kier molecular flexibility index (Phi) is 4.76. The lowest BCUT2D eigenvalue weighted by Crippen LogP contribution is -2.38. The number of aliphatic hydroxyl groups excluding tert-OH is 1. The fourth-order valence-electron chi connectivity index (χ4n) is 2.84. The van der Waals surface area contributed by atoms with Crippen molar-refractivity contribution in [3.8, 4) is 5.69 Å². The Bertz CT molecular complexity index is 785. The second-order valence-corrected chi connectivity index (χ2v) is 6.72. The molecule has 0 spiro atoms. The summed E-state index contributed by atoms with van der Waals surface area (Å²) >= 11 is 0. The first kappa shape index (κ1) is 17.4. The third kappa shape index (κ3) is 3.99. The maximum absolute atomic E-state index is 14.4. The summed E-state index contributed by atoms with van der Waals surface area (Å²) in [5, 5.41) is 16.8. The summed E-state index contributed by atoms with van der Waals surface area (Å²) in [5.74, 6) is -0.169. The number of carbonyl (C=O) groups is 1. The minimum atomic E-state index is -0.499. The molecule has 134 valence electrons. The van der Waals surface area contributed by atoms with Crippen LogP contribution in [-0.4, -0.2) is 45.5 Å². The lowest BCUT2D eigenvalue weighted by molar-refractivity contribution is 0.117. The fourth-order valence-corrected chi connectivity index (χ4v) is 2.84. The van der Waals surface area contributed by atoms with Crippen molar-refractivity contribution in [1.29, 1.82) is 0 Å². The van der Waals surface area contributed by atoms with E-state index in [-0.39, 0.29) is 12.6 Å². The summed E-state index contributed by atoms with van der Waals surface area (Å²) in [5.41, 5.74) is 2.34. The number of aryl methyl sites for hydroxylation is 2. The first-order chi connectivity index (χ1) is 11.8. The third-order valence-corrected chi connectivity index (χ3v) is 4.41. The van der Waals surface area contributed by atoms with E-state index in [1.54, 1.807) is 19.2 Å². The normalized spacial score (nSPS) is 15.1. The average Bonchev–Trinajstić information content (AvgIpc) is 3.33. The summed E-state index contributed by atoms with van der Waals surface area (Å²) < 4.78 is 16.0. The van der Waals surface area contributed by atoms with Crippen molar-refractivity contribution in [3.63, 3.8) is 0 Å². The second kappa shape index (κ2) is 6.84. The van der Waals surface area contributed by atoms with Gasteiger partial charge in [0.25, 0.3) is 0 Å². The zero-order valence-corrected chi connectivity index (χ0v) is 14.7. The van der Waals surface area contributed by atoms with Crippen molar-refractivity contribution in [2.75, 3.05) is 18.9 Å². The van der Waals surface area contributed by atoms with Crippen molar-refractivity contribution >= 4 is 11.7 Å². The number of anilines is 1. The molecule has 25 heavy (non-hydrogen) atoms. The van der Waals surface area contributed by atoms with E-state index in [4.69, 9.17) is 0 Å². The predicted molar refractivity (Wildman–Crippen MR) is 93.4 cm³/mol. The number of likely N-dealkylation sites (N-methyl/N-ethyl adjacent to an activating group) is 1. The maximum atomic E-state index is 14.4. The third-order valence-electron chi connectivity index (χ3n) is 4.41. The summed E-state index contributed by atoms with van der Waals surface area (Å²) in [4.78, 5) is 13.6. The van der Waals surface area contributed by atoms with Gasteiger partial charge in [-0.15, -0.1) is 0 Å². The van der Waals surface area contributed by atoms with E-state index in [9.17, 15) is 14.3 Å². The van der Waals surface area contributed by atoms with Crippen molar-refractivity contribution in [3.05, 3.63) is 41.5 Å². The zero-order chi connectivity index (χ0) is 18.1. The molecule has 1 aliphatic rings. The van der Waals surface area contributed by atoms with Crippen LogP contribution in [0.2, 0.25) is 0 Å². The second-order valence-electron chi connectivity index (χ2n) is 6.72. The van der Waals surface area contributed by atoms with Crippen molar-refractivity contribution < 1.29 is 14.3 Å². The lowest BCUT2D eigenvalue weighted by Gasteiger charge is -2.21. The topological polar surface area (TPSA) is 70.4 Å². The highest BCUT2D eigenvalue weighted by Gasteiger charge is 2.31. The largest absolute Gasteiger partial charge is 0.391 e. The standard InChI is InChI=1S/C18H23FN4O2/c1-11-8-12(2)23(21-11)16-7-6-14(9-15(16)19)20-18(25)22(3)10-17(24)13-4-5-13/h6-9,13,17,24H,4-5,10H2,1-3H3,(H,20,25). The summed E-state index contributed by atoms with van der Waals surface area (Å²) in [7, 11) is 1.61. The highest BCUT2D eigenvalue weighted by Crippen LogP contribution is 2.32. The van der Waals surface area contributed by atoms with Crippen LogP contribution in [0.4, 0.5) is 14.9 Å². The van der Waals surface area contributed by atoms with Crippen LogP contribution in [0, 0.1) is 25.6 Å². The molecular formula is C18H23FN4O2. The van der Waals surface area contributed by atoms with Crippen LogP contribution < -0.4 is 5.32 Å². The number of carbonyl (C=O) groups excluding carboxylic acids is 1. The quantitative estimate of drug-likeness (QED) is 0.874. The van der Waals surface area contributed by atoms with Gasteiger partial charge in [0.15, 0.2) is 5.82 Å². The van der Waals surface area contributed by atoms with Gasteiger partial charge in [-0.2, -0.15) is 5.10 Å². The molecule has 2 N–H and O–H groups in total. The molecule has 1 aromatic heterocycles. The van der Waals surface area contributed by atoms with Crippen LogP contribution in [-0.2, 0) is 0 Å². The average molecular weight is 346 g/mol. The first-order valence-electron chi connectivity index (χ1n) is 8.38. The van der Waals surface area contributed by atoms with Gasteiger partial charge < -0.3 is 15.3 Å². The molecule has 0 saturated heterocycles. The van der Waals surface area contributed by atoms with E-state index < -0.39 is 11.9 Å². The van der Waals surface area contributed by atoms with Gasteiger partial charge in [0.1, 0.15) is 5.69 Å². The number of halogens is 1. The number of aliphatic hydroxyl groups is 1. The van der Waals surface area contributed by atoms with Crippen LogP contribution in [0.15, 0.2) is 24.3 Å². The van der Waals surface area contributed by atoms with Crippen molar-refractivity contribution in [2.24, 2.45) is 5.92 Å². The first-order valence-corrected chi connectivity index (χ1v) is 8.38. The molecule has 1 aliphatic carbocycles. The van der Waals surface area contributed by atoms with Gasteiger partial charge >= 0.3 is 6.03 Å². The molecule has 1 unspecified atom stereocenters. The molecule has 1 saturated carbocycles. The lowest BCUT2D eigenvalue weighted by atomic mass is 10.2. The highest BCUT2D eigenvalue weighted by molar-refractivity contribution is 5.89. The Morgan fingerprint density at radius 2 is 2.16 bits per heavy atom. The highest BCUT2D eigenvalue weighted by atomic mass is 19.1. The van der Waals surface area contributed by atoms with Gasteiger partial charge in [0.2, 0.25) is 0 Å². The fraction of sp³-hybridized carbons (Fsp3) is 0.444. The molecule has 1 heterocycles. The number of benzene rings is 1. The number of hydrogen-bond acceptors (Lipinski definition) is 3. The Morgan fingerprint density at radius 1 is 1.44 bits per heavy atom. The number of nitrogens with one attached hydrogen (secondary N) is 1. The van der Waals surface area contributed by atoms with Crippen LogP contribution in [0.1, 0.15) is 24.2 Å². The number of hydrogen-bond donors (Lipinski definition) is 2. The summed E-state index contributed by atoms with van der Waals surface area (Å²) in [6, 6.07) is 5.99. The Labute approximate surface area is 146 Å². The number of urea groups is 1. The molecule has 1 atom stereocenters. The maximum Gasteiger partial charge on any atom is 0.321 e. The van der Waals surface area contributed by atoms with E-state index in [2.05, 4.69) is 10.4 Å². The number of nitrogens with zero attached hydrogens (tertiary/aromatic N) is 3. The van der Waals surface area contributed by atoms with Gasteiger partial charge in [0.05, 0.1) is 11.8 Å². The van der Waals surface area contributed by atoms with Crippen LogP contribution >= 0.6 is 0 Å². The van der Waals surface area contributed by atoms with Crippen molar-refractivity contribution in [1.82, 2.24) is 14.7 Å². The molecule has 1 aromatic carbocycles. The van der Waals surface area contributed by atoms with Gasteiger partial charge in [-0.3, -0.25) is 0 Å². The molecular weight excluding hydrogens is 323 g/mol. The molecule has 1 fully saturated rings. The molecule has 7 heteroatoms. The minimum absolute atomic E-state index is 0.267. The summed E-state index contributed by atoms with van der Waals surface area (Å²) in [6.45, 7) is 3.97. The van der Waals surface area contributed by atoms with Crippen LogP contribution in [0.25, 0.3) is 5.69 Å². The molecule has 0 bridgehead atoms. The SMILES string of the molecule is Cc1cc(C)n(-c2ccc(NC(=O)N(C)CC(O)C3CC3)cc2F)n1. The van der Waals surface area contributed by atoms with E-state index in [0.717, 1.165) is 24.2 Å². The number of amides is 2. The smallest absolute Gasteiger partial charge is 0.321 e. The Hall–Kier alpha value is -2.41. The van der Waals surface area contributed by atoms with E-state index >= 15 is 0 Å². The Morgan fingerprint density at radius 3 is 2.72 bits per heavy atom. The molecule has 0 radical (unpaired) electrons. The van der Waals surface area contributed by atoms with E-state index in [1.807, 2.05) is 19.9 Å². The van der Waals surface area contributed by atoms with Crippen LogP contribution in [0.5, 0.6) is 0 Å². The molecule has 0 aliphatic heterocycles. The molecule has 3 rings (SSSR count). The van der Waals surface area contributed by atoms with Gasteiger partial charge in [-0.05, 0) is 56.9 Å². The molecule has 2 aromatic rings. The zero-order valence-electron chi connectivity index (χ0n) is 14.7. The van der Waals surface area contributed by atoms with Crippen LogP contribution in [0.3, 0.4) is 0 Å². The predicted octanol–water partition coefficient (Wildman–Crippen LogP) is 2.86. The summed E-state index contributed by atoms with van der Waals surface area (Å²) in [6.07, 6.45) is 1.52. The minimum Gasteiger partial charge on any atom is -0.391 e. The number of aromatic nitrogens is 2. The molecule has 2 amide bonds. The van der Waals surface area contributed by atoms with Gasteiger partial charge in [0, 0.05) is 25.0 Å². The van der Waals surface area contributed by atoms with E-state index in [1.165, 1.54) is 15.6 Å². The van der Waals surface area contributed by atoms with Gasteiger partial charge in [-0.25, -0.2) is 13.9 Å². The Balaban J connectivity index is 1.68. The van der Waals surface area contributed by atoms with Gasteiger partial charge in [-0.1, -0.05) is 0 Å².